The van der Waals surface area contributed by atoms with Gasteiger partial charge in [0.05, 0.1) is 0 Å². The molecule has 0 aliphatic heterocycles. The summed E-state index contributed by atoms with van der Waals surface area (Å²) in [6, 6.07) is 0. The van der Waals surface area contributed by atoms with Gasteiger partial charge in [0.15, 0.2) is 0 Å². The first-order valence-electron chi connectivity index (χ1n) is 5.04. The minimum absolute atomic E-state index is 0. The molecule has 0 radical (unpaired) electrons. The maximum Gasteiger partial charge on any atom is 2.00 e. The average molecular weight is 336 g/mol. The molecule has 0 saturated carbocycles. The van der Waals surface area contributed by atoms with Gasteiger partial charge in [0.2, 0.25) is 0 Å². The second kappa shape index (κ2) is 9.44. The maximum atomic E-state index is 11.0. The summed E-state index contributed by atoms with van der Waals surface area (Å²) >= 11 is 5.12. The Labute approximate surface area is 120 Å². The van der Waals surface area contributed by atoms with Crippen molar-refractivity contribution in [2.75, 3.05) is 6.61 Å². The van der Waals surface area contributed by atoms with Gasteiger partial charge < -0.3 is 14.5 Å². The van der Waals surface area contributed by atoms with Gasteiger partial charge in [-0.25, -0.2) is 0 Å². The summed E-state index contributed by atoms with van der Waals surface area (Å²) in [5.41, 5.74) is -4.06. The number of hydrogen-bond donors (Lipinski definition) is 0. The zero-order chi connectivity index (χ0) is 12.1. The van der Waals surface area contributed by atoms with Gasteiger partial charge >= 0.3 is 19.5 Å². The molecule has 0 spiro atoms. The molecule has 0 saturated heterocycles. The minimum Gasteiger partial charge on any atom is -0.825 e. The van der Waals surface area contributed by atoms with Gasteiger partial charge in [-0.2, -0.15) is 5.69 Å². The van der Waals surface area contributed by atoms with E-state index in [1.807, 2.05) is 13.8 Å². The second-order valence-electron chi connectivity index (χ2n) is 4.22. The third-order valence-electron chi connectivity index (χ3n) is 1.75. The molecular formula is C9H19O3PS2Zn. The summed E-state index contributed by atoms with van der Waals surface area (Å²) in [5.74, 6) is 0.706. The molecule has 92 valence electrons. The molecule has 1 atom stereocenters. The molecule has 0 aromatic heterocycles. The van der Waals surface area contributed by atoms with Crippen LogP contribution in [-0.2, 0) is 36.0 Å². The zero-order valence-corrected chi connectivity index (χ0v) is 15.8. The summed E-state index contributed by atoms with van der Waals surface area (Å²) in [6.45, 7) is 8.65. The van der Waals surface area contributed by atoms with Gasteiger partial charge in [0.1, 0.15) is 5.44 Å². The van der Waals surface area contributed by atoms with E-state index in [1.165, 1.54) is 0 Å². The summed E-state index contributed by atoms with van der Waals surface area (Å²) in [5, 5.41) is 0. The Kier molecular flexibility index (Phi) is 11.7. The first kappa shape index (κ1) is 19.8. The predicted molar refractivity (Wildman–Crippen MR) is 65.9 cm³/mol. The zero-order valence-electron chi connectivity index (χ0n) is 10.3. The first-order chi connectivity index (χ1) is 6.72. The summed E-state index contributed by atoms with van der Waals surface area (Å²) in [6.07, 6.45) is 0.935. The standard InChI is InChI=1S/C9H21O3PS2.Zn/c1-7(2)5-6-12-9(8(3)4)15-13(10,11)14;/h7-9H,5-6H2,1-4H3,(H2,10,11,14);/q;+2/p-2. The third kappa shape index (κ3) is 12.0. The van der Waals surface area contributed by atoms with Crippen LogP contribution in [0.1, 0.15) is 34.1 Å². The fourth-order valence-electron chi connectivity index (χ4n) is 0.892. The van der Waals surface area contributed by atoms with Crippen LogP contribution in [0.25, 0.3) is 0 Å². The number of rotatable bonds is 7. The molecule has 0 bridgehead atoms. The van der Waals surface area contributed by atoms with Crippen molar-refractivity contribution in [1.82, 2.24) is 0 Å². The number of ether oxygens (including phenoxy) is 1. The van der Waals surface area contributed by atoms with Gasteiger partial charge in [-0.1, -0.05) is 27.7 Å². The summed E-state index contributed by atoms with van der Waals surface area (Å²) < 4.78 is 5.51. The summed E-state index contributed by atoms with van der Waals surface area (Å²) in [4.78, 5) is 21.9. The van der Waals surface area contributed by atoms with Crippen LogP contribution in [0.2, 0.25) is 0 Å². The Balaban J connectivity index is 0. The van der Waals surface area contributed by atoms with Gasteiger partial charge in [-0.3, -0.25) is 0 Å². The van der Waals surface area contributed by atoms with Crippen molar-refractivity contribution in [1.29, 1.82) is 0 Å². The van der Waals surface area contributed by atoms with Crippen LogP contribution < -0.4 is 9.79 Å². The molecule has 7 heteroatoms. The van der Waals surface area contributed by atoms with Crippen molar-refractivity contribution >= 4 is 28.9 Å². The van der Waals surface area contributed by atoms with Crippen LogP contribution >= 0.6 is 17.1 Å². The average Bonchev–Trinajstić information content (AvgIpc) is 1.99. The minimum atomic E-state index is -3.71. The van der Waals surface area contributed by atoms with Crippen LogP contribution in [0.4, 0.5) is 0 Å². The molecule has 0 aromatic rings. The molecule has 0 fully saturated rings. The van der Waals surface area contributed by atoms with E-state index in [9.17, 15) is 9.79 Å². The monoisotopic (exact) mass is 334 g/mol. The molecule has 0 amide bonds. The van der Waals surface area contributed by atoms with E-state index in [1.54, 1.807) is 0 Å². The molecule has 0 aliphatic carbocycles. The Bertz CT molecular complexity index is 221. The molecular weight excluding hydrogens is 317 g/mol. The van der Waals surface area contributed by atoms with E-state index in [4.69, 9.17) is 4.74 Å². The molecule has 3 nitrogen and oxygen atoms in total. The van der Waals surface area contributed by atoms with Gasteiger partial charge in [0, 0.05) is 6.61 Å². The summed E-state index contributed by atoms with van der Waals surface area (Å²) in [7, 11) is 0. The van der Waals surface area contributed by atoms with E-state index in [0.29, 0.717) is 12.5 Å². The normalized spacial score (nSPS) is 14.0. The van der Waals surface area contributed by atoms with Crippen LogP contribution in [0.5, 0.6) is 0 Å². The van der Waals surface area contributed by atoms with Crippen molar-refractivity contribution in [3.05, 3.63) is 0 Å². The Morgan fingerprint density at radius 3 is 2.06 bits per heavy atom. The molecule has 1 unspecified atom stereocenters. The van der Waals surface area contributed by atoms with Crippen molar-refractivity contribution in [3.8, 4) is 0 Å². The van der Waals surface area contributed by atoms with Crippen molar-refractivity contribution in [2.45, 2.75) is 39.6 Å². The van der Waals surface area contributed by atoms with E-state index >= 15 is 0 Å². The van der Waals surface area contributed by atoms with Crippen molar-refractivity contribution < 1.29 is 34.0 Å². The first-order valence-corrected chi connectivity index (χ1v) is 9.16. The second-order valence-corrected chi connectivity index (χ2v) is 10.00. The van der Waals surface area contributed by atoms with Crippen molar-refractivity contribution in [2.24, 2.45) is 11.8 Å². The molecule has 0 N–H and O–H groups in total. The molecule has 0 heterocycles. The van der Waals surface area contributed by atoms with E-state index in [2.05, 4.69) is 25.7 Å². The Morgan fingerprint density at radius 2 is 1.75 bits per heavy atom. The molecule has 0 aliphatic rings. The molecule has 0 rings (SSSR count). The SMILES string of the molecule is CC(C)CCOC(SP([O-])([O-])=S)C(C)C.[Zn+2]. The smallest absolute Gasteiger partial charge is 0.825 e. The molecule has 0 aromatic carbocycles. The van der Waals surface area contributed by atoms with Crippen molar-refractivity contribution in [3.63, 3.8) is 0 Å². The fraction of sp³-hybridized carbons (Fsp3) is 1.00. The topological polar surface area (TPSA) is 55.3 Å². The quantitative estimate of drug-likeness (QED) is 0.403. The van der Waals surface area contributed by atoms with E-state index < -0.39 is 5.69 Å². The van der Waals surface area contributed by atoms with Gasteiger partial charge in [-0.05, 0) is 18.3 Å². The van der Waals surface area contributed by atoms with Gasteiger partial charge in [-0.15, -0.1) is 23.2 Å². The Hall–Kier alpha value is 1.50. The fourth-order valence-corrected chi connectivity index (χ4v) is 3.99. The van der Waals surface area contributed by atoms with Crippen LogP contribution in [0, 0.1) is 11.8 Å². The largest absolute Gasteiger partial charge is 2.00 e. The number of hydrogen-bond acceptors (Lipinski definition) is 5. The van der Waals surface area contributed by atoms with E-state index in [-0.39, 0.29) is 30.8 Å². The van der Waals surface area contributed by atoms with Crippen LogP contribution in [-0.4, -0.2) is 12.0 Å². The maximum absolute atomic E-state index is 11.0. The van der Waals surface area contributed by atoms with E-state index in [0.717, 1.165) is 17.8 Å². The predicted octanol–water partition coefficient (Wildman–Crippen LogP) is 1.71. The van der Waals surface area contributed by atoms with Crippen LogP contribution in [0.15, 0.2) is 0 Å². The molecule has 16 heavy (non-hydrogen) atoms. The van der Waals surface area contributed by atoms with Gasteiger partial charge in [0.25, 0.3) is 0 Å². The third-order valence-corrected chi connectivity index (χ3v) is 5.07. The van der Waals surface area contributed by atoms with Crippen LogP contribution in [0.3, 0.4) is 0 Å². The Morgan fingerprint density at radius 1 is 1.25 bits per heavy atom.